The van der Waals surface area contributed by atoms with Crippen LogP contribution in [0.1, 0.15) is 22.7 Å². The van der Waals surface area contributed by atoms with E-state index in [9.17, 15) is 4.79 Å². The van der Waals surface area contributed by atoms with Gasteiger partial charge in [-0.1, -0.05) is 0 Å². The summed E-state index contributed by atoms with van der Waals surface area (Å²) in [7, 11) is 3.00. The fourth-order valence-electron chi connectivity index (χ4n) is 1.59. The first kappa shape index (κ1) is 14.7. The third kappa shape index (κ3) is 4.12. The number of nitrogens with zero attached hydrogens (tertiary/aromatic N) is 2. The van der Waals surface area contributed by atoms with Crippen LogP contribution in [0.15, 0.2) is 6.20 Å². The summed E-state index contributed by atoms with van der Waals surface area (Å²) in [6, 6.07) is 0. The minimum atomic E-state index is -0.365. The summed E-state index contributed by atoms with van der Waals surface area (Å²) in [5.41, 5.74) is 0.479. The molecule has 0 aliphatic carbocycles. The molecule has 0 aliphatic heterocycles. The van der Waals surface area contributed by atoms with Crippen LogP contribution in [0.4, 0.5) is 0 Å². The highest BCUT2D eigenvalue weighted by molar-refractivity contribution is 5.87. The van der Waals surface area contributed by atoms with Crippen molar-refractivity contribution in [1.82, 2.24) is 9.55 Å². The summed E-state index contributed by atoms with van der Waals surface area (Å²) in [6.45, 7) is 4.35. The number of rotatable bonds is 8. The Hall–Kier alpha value is -1.40. The molecule has 6 nitrogen and oxygen atoms in total. The van der Waals surface area contributed by atoms with Crippen molar-refractivity contribution >= 4 is 5.97 Å². The van der Waals surface area contributed by atoms with E-state index in [-0.39, 0.29) is 5.97 Å². The van der Waals surface area contributed by atoms with Crippen molar-refractivity contribution in [1.29, 1.82) is 0 Å². The van der Waals surface area contributed by atoms with Gasteiger partial charge in [0, 0.05) is 20.3 Å². The molecule has 0 saturated carbocycles. The van der Waals surface area contributed by atoms with Crippen molar-refractivity contribution in [3.63, 3.8) is 0 Å². The van der Waals surface area contributed by atoms with Crippen molar-refractivity contribution in [3.8, 4) is 0 Å². The van der Waals surface area contributed by atoms with E-state index in [2.05, 4.69) is 4.98 Å². The number of methoxy groups -OCH3 is 2. The molecule has 0 saturated heterocycles. The maximum Gasteiger partial charge on any atom is 0.356 e. The highest BCUT2D eigenvalue weighted by Gasteiger charge is 2.14. The second-order valence-corrected chi connectivity index (χ2v) is 3.79. The molecular formula is C12H20N2O4. The standard InChI is InChI=1S/C12H20N2O4/c1-10-13-9-11(12(15)17-3)14(10)5-4-6-18-8-7-16-2/h9H,4-8H2,1-3H3. The zero-order chi connectivity index (χ0) is 13.4. The van der Waals surface area contributed by atoms with Gasteiger partial charge in [0.1, 0.15) is 11.5 Å². The van der Waals surface area contributed by atoms with E-state index in [1.54, 1.807) is 7.11 Å². The van der Waals surface area contributed by atoms with Crippen LogP contribution in [-0.2, 0) is 20.8 Å². The Labute approximate surface area is 107 Å². The number of aromatic nitrogens is 2. The Morgan fingerprint density at radius 3 is 2.78 bits per heavy atom. The normalized spacial score (nSPS) is 10.6. The molecule has 18 heavy (non-hydrogen) atoms. The molecule has 6 heteroatoms. The Bertz CT molecular complexity index is 376. The van der Waals surface area contributed by atoms with Crippen LogP contribution < -0.4 is 0 Å². The summed E-state index contributed by atoms with van der Waals surface area (Å²) >= 11 is 0. The van der Waals surface area contributed by atoms with E-state index < -0.39 is 0 Å². The smallest absolute Gasteiger partial charge is 0.356 e. The molecular weight excluding hydrogens is 236 g/mol. The molecule has 1 heterocycles. The van der Waals surface area contributed by atoms with Crippen molar-refractivity contribution < 1.29 is 19.0 Å². The van der Waals surface area contributed by atoms with Gasteiger partial charge >= 0.3 is 5.97 Å². The van der Waals surface area contributed by atoms with Crippen molar-refractivity contribution in [3.05, 3.63) is 17.7 Å². The molecule has 0 bridgehead atoms. The molecule has 0 amide bonds. The van der Waals surface area contributed by atoms with Crippen LogP contribution in [0.25, 0.3) is 0 Å². The maximum atomic E-state index is 11.5. The molecule has 0 aliphatic rings. The third-order valence-corrected chi connectivity index (χ3v) is 2.55. The maximum absolute atomic E-state index is 11.5. The molecule has 1 rings (SSSR count). The van der Waals surface area contributed by atoms with E-state index >= 15 is 0 Å². The first-order chi connectivity index (χ1) is 8.70. The van der Waals surface area contributed by atoms with E-state index in [1.807, 2.05) is 11.5 Å². The van der Waals surface area contributed by atoms with Gasteiger partial charge in [-0.25, -0.2) is 9.78 Å². The van der Waals surface area contributed by atoms with E-state index in [4.69, 9.17) is 14.2 Å². The van der Waals surface area contributed by atoms with E-state index in [0.29, 0.717) is 32.1 Å². The first-order valence-electron chi connectivity index (χ1n) is 5.87. The number of carbonyl (C=O) groups excluding carboxylic acids is 1. The van der Waals surface area contributed by atoms with Gasteiger partial charge in [0.2, 0.25) is 0 Å². The molecule has 0 atom stereocenters. The van der Waals surface area contributed by atoms with Gasteiger partial charge < -0.3 is 18.8 Å². The topological polar surface area (TPSA) is 62.6 Å². The van der Waals surface area contributed by atoms with Gasteiger partial charge in [-0.2, -0.15) is 0 Å². The molecule has 0 spiro atoms. The number of imidazole rings is 1. The average Bonchev–Trinajstić information content (AvgIpc) is 2.74. The summed E-state index contributed by atoms with van der Waals surface area (Å²) in [4.78, 5) is 15.6. The van der Waals surface area contributed by atoms with Gasteiger partial charge in [-0.15, -0.1) is 0 Å². The lowest BCUT2D eigenvalue weighted by Crippen LogP contribution is -2.13. The predicted molar refractivity (Wildman–Crippen MR) is 65.6 cm³/mol. The van der Waals surface area contributed by atoms with Crippen molar-refractivity contribution in [2.45, 2.75) is 19.9 Å². The van der Waals surface area contributed by atoms with Gasteiger partial charge in [0.05, 0.1) is 26.5 Å². The number of esters is 1. The number of hydrogen-bond donors (Lipinski definition) is 0. The van der Waals surface area contributed by atoms with E-state index in [0.717, 1.165) is 12.2 Å². The fraction of sp³-hybridized carbons (Fsp3) is 0.667. The van der Waals surface area contributed by atoms with Crippen LogP contribution >= 0.6 is 0 Å². The van der Waals surface area contributed by atoms with Gasteiger partial charge in [0.15, 0.2) is 0 Å². The zero-order valence-electron chi connectivity index (χ0n) is 11.1. The molecule has 0 N–H and O–H groups in total. The quantitative estimate of drug-likeness (QED) is 0.513. The lowest BCUT2D eigenvalue weighted by molar-refractivity contribution is 0.0581. The number of hydrogen-bond acceptors (Lipinski definition) is 5. The number of carbonyl (C=O) groups is 1. The minimum absolute atomic E-state index is 0.365. The van der Waals surface area contributed by atoms with Crippen molar-refractivity contribution in [2.75, 3.05) is 34.0 Å². The van der Waals surface area contributed by atoms with Gasteiger partial charge in [0.25, 0.3) is 0 Å². The summed E-state index contributed by atoms with van der Waals surface area (Å²) in [6.07, 6.45) is 2.35. The predicted octanol–water partition coefficient (Wildman–Crippen LogP) is 1.03. The fourth-order valence-corrected chi connectivity index (χ4v) is 1.59. The summed E-state index contributed by atoms with van der Waals surface area (Å²) in [5, 5.41) is 0. The van der Waals surface area contributed by atoms with Crippen LogP contribution in [0, 0.1) is 6.92 Å². The molecule has 102 valence electrons. The molecule has 0 fully saturated rings. The molecule has 1 aromatic heterocycles. The number of ether oxygens (including phenoxy) is 3. The third-order valence-electron chi connectivity index (χ3n) is 2.55. The largest absolute Gasteiger partial charge is 0.464 e. The highest BCUT2D eigenvalue weighted by Crippen LogP contribution is 2.07. The van der Waals surface area contributed by atoms with Crippen LogP contribution in [-0.4, -0.2) is 49.6 Å². The molecule has 0 unspecified atom stereocenters. The minimum Gasteiger partial charge on any atom is -0.464 e. The second-order valence-electron chi connectivity index (χ2n) is 3.79. The van der Waals surface area contributed by atoms with Crippen molar-refractivity contribution in [2.24, 2.45) is 0 Å². The molecule has 0 radical (unpaired) electrons. The summed E-state index contributed by atoms with van der Waals surface area (Å²) < 4.78 is 16.8. The second kappa shape index (κ2) is 7.84. The van der Waals surface area contributed by atoms with Crippen LogP contribution in [0.3, 0.4) is 0 Å². The van der Waals surface area contributed by atoms with Gasteiger partial charge in [-0.05, 0) is 13.3 Å². The lowest BCUT2D eigenvalue weighted by atomic mass is 10.4. The highest BCUT2D eigenvalue weighted by atomic mass is 16.5. The monoisotopic (exact) mass is 256 g/mol. The van der Waals surface area contributed by atoms with Crippen LogP contribution in [0.5, 0.6) is 0 Å². The average molecular weight is 256 g/mol. The number of aryl methyl sites for hydroxylation is 1. The zero-order valence-corrected chi connectivity index (χ0v) is 11.1. The Morgan fingerprint density at radius 1 is 1.33 bits per heavy atom. The molecule has 1 aromatic rings. The lowest BCUT2D eigenvalue weighted by Gasteiger charge is -2.09. The Morgan fingerprint density at radius 2 is 2.11 bits per heavy atom. The van der Waals surface area contributed by atoms with Crippen LogP contribution in [0.2, 0.25) is 0 Å². The van der Waals surface area contributed by atoms with Gasteiger partial charge in [-0.3, -0.25) is 0 Å². The Balaban J connectivity index is 2.41. The molecule has 0 aromatic carbocycles. The first-order valence-corrected chi connectivity index (χ1v) is 5.87. The summed E-state index contributed by atoms with van der Waals surface area (Å²) in [5.74, 6) is 0.434. The SMILES string of the molecule is COCCOCCCn1c(C(=O)OC)cnc1C. The van der Waals surface area contributed by atoms with E-state index in [1.165, 1.54) is 13.3 Å². The Kier molecular flexibility index (Phi) is 6.38.